The molecule has 0 saturated carbocycles. The predicted octanol–water partition coefficient (Wildman–Crippen LogP) is 3.29. The number of nitrogens with two attached hydrogens (primary N) is 1. The average molecular weight is 346 g/mol. The molecule has 0 radical (unpaired) electrons. The van der Waals surface area contributed by atoms with Crippen LogP contribution in [0.1, 0.15) is 12.0 Å². The van der Waals surface area contributed by atoms with E-state index in [1.54, 1.807) is 29.2 Å². The number of anilines is 1. The number of amides is 3. The van der Waals surface area contributed by atoms with Gasteiger partial charge in [0.1, 0.15) is 0 Å². The van der Waals surface area contributed by atoms with Gasteiger partial charge >= 0.3 is 6.03 Å². The van der Waals surface area contributed by atoms with Crippen LogP contribution in [-0.2, 0) is 11.2 Å². The molecule has 2 rings (SSSR count). The second kappa shape index (κ2) is 8.93. The highest BCUT2D eigenvalue weighted by Crippen LogP contribution is 2.14. The van der Waals surface area contributed by atoms with Crippen molar-refractivity contribution < 1.29 is 9.59 Å². The van der Waals surface area contributed by atoms with Gasteiger partial charge in [-0.25, -0.2) is 4.79 Å². The predicted molar refractivity (Wildman–Crippen MR) is 96.0 cm³/mol. The Kier molecular flexibility index (Phi) is 6.63. The molecule has 0 fully saturated rings. The monoisotopic (exact) mass is 345 g/mol. The number of carbonyl (C=O) groups is 2. The van der Waals surface area contributed by atoms with Crippen molar-refractivity contribution in [2.45, 2.75) is 12.8 Å². The van der Waals surface area contributed by atoms with E-state index in [0.29, 0.717) is 23.7 Å². The largest absolute Gasteiger partial charge is 0.370 e. The van der Waals surface area contributed by atoms with E-state index >= 15 is 0 Å². The summed E-state index contributed by atoms with van der Waals surface area (Å²) in [4.78, 5) is 25.1. The number of hydrogen-bond acceptors (Lipinski definition) is 2. The van der Waals surface area contributed by atoms with Crippen molar-refractivity contribution in [3.05, 3.63) is 65.2 Å². The number of halogens is 1. The lowest BCUT2D eigenvalue weighted by atomic mass is 10.1. The highest BCUT2D eigenvalue weighted by Gasteiger charge is 2.14. The van der Waals surface area contributed by atoms with Crippen LogP contribution in [-0.4, -0.2) is 29.9 Å². The van der Waals surface area contributed by atoms with E-state index in [4.69, 9.17) is 17.3 Å². The average Bonchev–Trinajstić information content (AvgIpc) is 2.57. The minimum Gasteiger partial charge on any atom is -0.370 e. The number of nitrogens with zero attached hydrogens (tertiary/aromatic N) is 1. The molecule has 3 N–H and O–H groups in total. The molecule has 5 nitrogen and oxygen atoms in total. The van der Waals surface area contributed by atoms with Crippen molar-refractivity contribution in [1.82, 2.24) is 4.90 Å². The summed E-state index contributed by atoms with van der Waals surface area (Å²) in [5, 5.41) is 3.41. The number of hydrogen-bond donors (Lipinski definition) is 2. The zero-order valence-corrected chi connectivity index (χ0v) is 14.0. The van der Waals surface area contributed by atoms with Gasteiger partial charge in [-0.1, -0.05) is 41.9 Å². The minimum atomic E-state index is -0.431. The maximum Gasteiger partial charge on any atom is 0.321 e. The number of nitrogens with one attached hydrogen (secondary N) is 1. The van der Waals surface area contributed by atoms with Crippen LogP contribution in [0, 0.1) is 0 Å². The van der Waals surface area contributed by atoms with Gasteiger partial charge in [-0.05, 0) is 36.2 Å². The van der Waals surface area contributed by atoms with Crippen LogP contribution >= 0.6 is 11.6 Å². The van der Waals surface area contributed by atoms with E-state index in [1.165, 1.54) is 0 Å². The first-order valence-electron chi connectivity index (χ1n) is 7.68. The SMILES string of the molecule is NC(=O)CCN(CCc1ccccc1)C(=O)Nc1ccc(Cl)cc1. The van der Waals surface area contributed by atoms with Crippen LogP contribution in [0.3, 0.4) is 0 Å². The first kappa shape index (κ1) is 17.8. The number of primary amides is 1. The van der Waals surface area contributed by atoms with Crippen molar-refractivity contribution >= 4 is 29.2 Å². The van der Waals surface area contributed by atoms with Crippen LogP contribution < -0.4 is 11.1 Å². The van der Waals surface area contributed by atoms with Gasteiger partial charge in [-0.2, -0.15) is 0 Å². The van der Waals surface area contributed by atoms with Crippen LogP contribution in [0.25, 0.3) is 0 Å². The Labute approximate surface area is 146 Å². The van der Waals surface area contributed by atoms with Crippen molar-refractivity contribution in [3.63, 3.8) is 0 Å². The second-order valence-corrected chi connectivity index (χ2v) is 5.81. The zero-order chi connectivity index (χ0) is 17.4. The zero-order valence-electron chi connectivity index (χ0n) is 13.2. The fourth-order valence-electron chi connectivity index (χ4n) is 2.20. The number of rotatable bonds is 7. The lowest BCUT2D eigenvalue weighted by molar-refractivity contribution is -0.118. The van der Waals surface area contributed by atoms with Gasteiger partial charge in [-0.3, -0.25) is 4.79 Å². The second-order valence-electron chi connectivity index (χ2n) is 5.38. The molecule has 126 valence electrons. The number of benzene rings is 2. The third-order valence-electron chi connectivity index (χ3n) is 3.52. The van der Waals surface area contributed by atoms with E-state index in [9.17, 15) is 9.59 Å². The van der Waals surface area contributed by atoms with Crippen LogP contribution in [0.2, 0.25) is 5.02 Å². The van der Waals surface area contributed by atoms with E-state index in [0.717, 1.165) is 5.56 Å². The Morgan fingerprint density at radius 3 is 2.29 bits per heavy atom. The summed E-state index contributed by atoms with van der Waals surface area (Å²) in [5.41, 5.74) is 6.98. The molecular weight excluding hydrogens is 326 g/mol. The molecule has 0 heterocycles. The quantitative estimate of drug-likeness (QED) is 0.807. The van der Waals surface area contributed by atoms with Gasteiger partial charge in [0.05, 0.1) is 0 Å². The van der Waals surface area contributed by atoms with Gasteiger partial charge < -0.3 is 16.0 Å². The lowest BCUT2D eigenvalue weighted by Gasteiger charge is -2.22. The van der Waals surface area contributed by atoms with Gasteiger partial charge in [0.2, 0.25) is 5.91 Å². The first-order valence-corrected chi connectivity index (χ1v) is 8.06. The molecule has 0 aliphatic rings. The topological polar surface area (TPSA) is 75.4 Å². The van der Waals surface area contributed by atoms with Crippen LogP contribution in [0.4, 0.5) is 10.5 Å². The van der Waals surface area contributed by atoms with E-state index in [1.807, 2.05) is 30.3 Å². The van der Waals surface area contributed by atoms with E-state index in [2.05, 4.69) is 5.32 Å². The van der Waals surface area contributed by atoms with Crippen molar-refractivity contribution in [3.8, 4) is 0 Å². The Morgan fingerprint density at radius 2 is 1.67 bits per heavy atom. The molecule has 2 aromatic carbocycles. The molecular formula is C18H20ClN3O2. The molecule has 2 aromatic rings. The molecule has 0 saturated heterocycles. The normalized spacial score (nSPS) is 10.2. The standard InChI is InChI=1S/C18H20ClN3O2/c19-15-6-8-16(9-7-15)21-18(24)22(13-11-17(20)23)12-10-14-4-2-1-3-5-14/h1-9H,10-13H2,(H2,20,23)(H,21,24). The summed E-state index contributed by atoms with van der Waals surface area (Å²) >= 11 is 5.84. The van der Waals surface area contributed by atoms with Gasteiger partial charge in [0.25, 0.3) is 0 Å². The summed E-state index contributed by atoms with van der Waals surface area (Å²) < 4.78 is 0. The maximum atomic E-state index is 12.5. The fourth-order valence-corrected chi connectivity index (χ4v) is 2.33. The number of carbonyl (C=O) groups excluding carboxylic acids is 2. The fraction of sp³-hybridized carbons (Fsp3) is 0.222. The van der Waals surface area contributed by atoms with Gasteiger partial charge in [0.15, 0.2) is 0 Å². The van der Waals surface area contributed by atoms with Gasteiger partial charge in [0, 0.05) is 30.2 Å². The molecule has 0 spiro atoms. The third-order valence-corrected chi connectivity index (χ3v) is 3.78. The highest BCUT2D eigenvalue weighted by molar-refractivity contribution is 6.30. The maximum absolute atomic E-state index is 12.5. The summed E-state index contributed by atoms with van der Waals surface area (Å²) in [6, 6.07) is 16.5. The Balaban J connectivity index is 1.99. The molecule has 0 aromatic heterocycles. The summed E-state index contributed by atoms with van der Waals surface area (Å²) in [6.07, 6.45) is 0.830. The Bertz CT molecular complexity index is 674. The molecule has 0 aliphatic heterocycles. The lowest BCUT2D eigenvalue weighted by Crippen LogP contribution is -2.38. The Morgan fingerprint density at radius 1 is 1.00 bits per heavy atom. The first-order chi connectivity index (χ1) is 11.5. The summed E-state index contributed by atoms with van der Waals surface area (Å²) in [6.45, 7) is 0.776. The molecule has 0 atom stereocenters. The molecule has 0 aliphatic carbocycles. The molecule has 24 heavy (non-hydrogen) atoms. The summed E-state index contributed by atoms with van der Waals surface area (Å²) in [5.74, 6) is -0.431. The molecule has 0 bridgehead atoms. The summed E-state index contributed by atoms with van der Waals surface area (Å²) in [7, 11) is 0. The van der Waals surface area contributed by atoms with Crippen molar-refractivity contribution in [2.24, 2.45) is 5.73 Å². The van der Waals surface area contributed by atoms with Crippen LogP contribution in [0.5, 0.6) is 0 Å². The third kappa shape index (κ3) is 5.93. The van der Waals surface area contributed by atoms with Crippen molar-refractivity contribution in [1.29, 1.82) is 0 Å². The van der Waals surface area contributed by atoms with Crippen LogP contribution in [0.15, 0.2) is 54.6 Å². The molecule has 0 unspecified atom stereocenters. The molecule has 3 amide bonds. The van der Waals surface area contributed by atoms with Gasteiger partial charge in [-0.15, -0.1) is 0 Å². The van der Waals surface area contributed by atoms with E-state index < -0.39 is 5.91 Å². The minimum absolute atomic E-state index is 0.128. The van der Waals surface area contributed by atoms with E-state index in [-0.39, 0.29) is 19.0 Å². The van der Waals surface area contributed by atoms with Crippen molar-refractivity contribution in [2.75, 3.05) is 18.4 Å². The molecule has 6 heteroatoms. The Hall–Kier alpha value is -2.53. The number of urea groups is 1. The highest BCUT2D eigenvalue weighted by atomic mass is 35.5. The smallest absolute Gasteiger partial charge is 0.321 e.